The van der Waals surface area contributed by atoms with Crippen molar-refractivity contribution in [2.45, 2.75) is 19.9 Å². The van der Waals surface area contributed by atoms with Crippen LogP contribution >= 0.6 is 0 Å². The van der Waals surface area contributed by atoms with Gasteiger partial charge in [-0.15, -0.1) is 0 Å². The van der Waals surface area contributed by atoms with Crippen LogP contribution in [0.15, 0.2) is 42.6 Å². The van der Waals surface area contributed by atoms with Crippen LogP contribution in [0.1, 0.15) is 24.2 Å². The number of morpholine rings is 1. The van der Waals surface area contributed by atoms with Gasteiger partial charge in [-0.1, -0.05) is 13.8 Å². The van der Waals surface area contributed by atoms with Crippen LogP contribution < -0.4 is 20.3 Å². The van der Waals surface area contributed by atoms with Gasteiger partial charge in [0, 0.05) is 18.7 Å². The SMILES string of the molecule is COc1ccc(C(=O)NC(C(=O)Nc2ccc(N3CCOCC3)cn2)C(C)C)cc1. The summed E-state index contributed by atoms with van der Waals surface area (Å²) < 4.78 is 10.5. The highest BCUT2D eigenvalue weighted by Crippen LogP contribution is 2.17. The van der Waals surface area contributed by atoms with Crippen LogP contribution in [0.5, 0.6) is 5.75 Å². The Morgan fingerprint density at radius 1 is 1.10 bits per heavy atom. The fraction of sp³-hybridized carbons (Fsp3) is 0.409. The molecule has 0 bridgehead atoms. The zero-order valence-corrected chi connectivity index (χ0v) is 17.6. The minimum Gasteiger partial charge on any atom is -0.497 e. The Bertz CT molecular complexity index is 846. The smallest absolute Gasteiger partial charge is 0.251 e. The fourth-order valence-corrected chi connectivity index (χ4v) is 3.17. The Hall–Kier alpha value is -3.13. The van der Waals surface area contributed by atoms with Gasteiger partial charge in [-0.25, -0.2) is 4.98 Å². The average Bonchev–Trinajstić information content (AvgIpc) is 2.78. The number of hydrogen-bond acceptors (Lipinski definition) is 6. The highest BCUT2D eigenvalue weighted by molar-refractivity contribution is 6.01. The lowest BCUT2D eigenvalue weighted by Crippen LogP contribution is -2.47. The monoisotopic (exact) mass is 412 g/mol. The van der Waals surface area contributed by atoms with Gasteiger partial charge in [0.2, 0.25) is 5.91 Å². The van der Waals surface area contributed by atoms with Crippen molar-refractivity contribution in [1.29, 1.82) is 0 Å². The third kappa shape index (κ3) is 5.48. The maximum atomic E-state index is 12.8. The zero-order chi connectivity index (χ0) is 21.5. The van der Waals surface area contributed by atoms with Gasteiger partial charge in [0.15, 0.2) is 0 Å². The molecular formula is C22H28N4O4. The van der Waals surface area contributed by atoms with E-state index >= 15 is 0 Å². The molecule has 8 heteroatoms. The molecule has 30 heavy (non-hydrogen) atoms. The van der Waals surface area contributed by atoms with Gasteiger partial charge in [-0.2, -0.15) is 0 Å². The van der Waals surface area contributed by atoms with Crippen molar-refractivity contribution in [2.75, 3.05) is 43.6 Å². The summed E-state index contributed by atoms with van der Waals surface area (Å²) >= 11 is 0. The molecule has 0 aliphatic carbocycles. The van der Waals surface area contributed by atoms with Crippen LogP contribution in [0, 0.1) is 5.92 Å². The van der Waals surface area contributed by atoms with E-state index < -0.39 is 6.04 Å². The lowest BCUT2D eigenvalue weighted by atomic mass is 10.0. The van der Waals surface area contributed by atoms with Crippen LogP contribution in [-0.4, -0.2) is 56.3 Å². The summed E-state index contributed by atoms with van der Waals surface area (Å²) in [7, 11) is 1.57. The first-order chi connectivity index (χ1) is 14.5. The molecule has 2 aromatic rings. The quantitative estimate of drug-likeness (QED) is 0.725. The van der Waals surface area contributed by atoms with Crippen molar-refractivity contribution in [2.24, 2.45) is 5.92 Å². The van der Waals surface area contributed by atoms with Crippen molar-refractivity contribution in [3.05, 3.63) is 48.2 Å². The predicted molar refractivity (Wildman–Crippen MR) is 115 cm³/mol. The number of rotatable bonds is 7. The third-order valence-electron chi connectivity index (χ3n) is 4.96. The Balaban J connectivity index is 1.62. The molecule has 3 rings (SSSR count). The molecule has 1 aliphatic rings. The van der Waals surface area contributed by atoms with E-state index in [-0.39, 0.29) is 17.7 Å². The number of ether oxygens (including phenoxy) is 2. The normalized spacial score (nSPS) is 14.9. The number of pyridine rings is 1. The number of aromatic nitrogens is 1. The first kappa shape index (κ1) is 21.6. The van der Waals surface area contributed by atoms with Gasteiger partial charge in [-0.05, 0) is 42.3 Å². The van der Waals surface area contributed by atoms with Gasteiger partial charge in [0.1, 0.15) is 17.6 Å². The Labute approximate surface area is 176 Å². The molecule has 0 spiro atoms. The largest absolute Gasteiger partial charge is 0.497 e. The molecule has 8 nitrogen and oxygen atoms in total. The fourth-order valence-electron chi connectivity index (χ4n) is 3.17. The molecule has 1 aromatic heterocycles. The number of amides is 2. The van der Waals surface area contributed by atoms with E-state index in [2.05, 4.69) is 20.5 Å². The summed E-state index contributed by atoms with van der Waals surface area (Å²) in [4.78, 5) is 31.9. The predicted octanol–water partition coefficient (Wildman–Crippen LogP) is 2.32. The lowest BCUT2D eigenvalue weighted by molar-refractivity contribution is -0.118. The van der Waals surface area contributed by atoms with E-state index in [0.717, 1.165) is 18.8 Å². The number of carbonyl (C=O) groups is 2. The summed E-state index contributed by atoms with van der Waals surface area (Å²) in [6, 6.07) is 9.74. The highest BCUT2D eigenvalue weighted by Gasteiger charge is 2.25. The molecule has 1 atom stereocenters. The first-order valence-corrected chi connectivity index (χ1v) is 10.0. The van der Waals surface area contributed by atoms with Gasteiger partial charge in [-0.3, -0.25) is 9.59 Å². The van der Waals surface area contributed by atoms with Crippen LogP contribution in [0.3, 0.4) is 0 Å². The van der Waals surface area contributed by atoms with E-state index in [1.165, 1.54) is 0 Å². The molecule has 2 amide bonds. The summed E-state index contributed by atoms with van der Waals surface area (Å²) in [5.74, 6) is 0.387. The van der Waals surface area contributed by atoms with Crippen LogP contribution in [0.2, 0.25) is 0 Å². The second-order valence-electron chi connectivity index (χ2n) is 7.41. The molecule has 0 radical (unpaired) electrons. The number of nitrogens with one attached hydrogen (secondary N) is 2. The van der Waals surface area contributed by atoms with E-state index in [1.807, 2.05) is 19.9 Å². The first-order valence-electron chi connectivity index (χ1n) is 10.0. The topological polar surface area (TPSA) is 92.8 Å². The molecule has 1 saturated heterocycles. The summed E-state index contributed by atoms with van der Waals surface area (Å²) in [5.41, 5.74) is 1.45. The Morgan fingerprint density at radius 2 is 1.80 bits per heavy atom. The second kappa shape index (κ2) is 10.1. The molecule has 1 fully saturated rings. The maximum absolute atomic E-state index is 12.8. The molecular weight excluding hydrogens is 384 g/mol. The number of hydrogen-bond donors (Lipinski definition) is 2. The van der Waals surface area contributed by atoms with Crippen molar-refractivity contribution in [1.82, 2.24) is 10.3 Å². The number of nitrogens with zero attached hydrogens (tertiary/aromatic N) is 2. The summed E-state index contributed by atoms with van der Waals surface area (Å²) in [6.07, 6.45) is 1.74. The lowest BCUT2D eigenvalue weighted by Gasteiger charge is -2.28. The standard InChI is InChI=1S/C22H28N4O4/c1-15(2)20(25-21(27)16-4-7-18(29-3)8-5-16)22(28)24-19-9-6-17(14-23-19)26-10-12-30-13-11-26/h4-9,14-15,20H,10-13H2,1-3H3,(H,25,27)(H,23,24,28). The number of benzene rings is 1. The van der Waals surface area contributed by atoms with Crippen LogP contribution in [-0.2, 0) is 9.53 Å². The van der Waals surface area contributed by atoms with Crippen LogP contribution in [0.25, 0.3) is 0 Å². The van der Waals surface area contributed by atoms with Gasteiger partial charge >= 0.3 is 0 Å². The minimum atomic E-state index is -0.694. The van der Waals surface area contributed by atoms with E-state index in [0.29, 0.717) is 30.3 Å². The van der Waals surface area contributed by atoms with Gasteiger partial charge < -0.3 is 25.0 Å². The molecule has 1 unspecified atom stereocenters. The number of anilines is 2. The van der Waals surface area contributed by atoms with E-state index in [4.69, 9.17) is 9.47 Å². The summed E-state index contributed by atoms with van der Waals surface area (Å²) in [6.45, 7) is 6.80. The van der Waals surface area contributed by atoms with Crippen molar-refractivity contribution in [3.63, 3.8) is 0 Å². The van der Waals surface area contributed by atoms with Gasteiger partial charge in [0.05, 0.1) is 32.2 Å². The van der Waals surface area contributed by atoms with Crippen molar-refractivity contribution < 1.29 is 19.1 Å². The maximum Gasteiger partial charge on any atom is 0.251 e. The van der Waals surface area contributed by atoms with Crippen LogP contribution in [0.4, 0.5) is 11.5 Å². The summed E-state index contributed by atoms with van der Waals surface area (Å²) in [5, 5.41) is 5.61. The minimum absolute atomic E-state index is 0.0974. The van der Waals surface area contributed by atoms with Gasteiger partial charge in [0.25, 0.3) is 5.91 Å². The van der Waals surface area contributed by atoms with Crippen molar-refractivity contribution in [3.8, 4) is 5.75 Å². The highest BCUT2D eigenvalue weighted by atomic mass is 16.5. The van der Waals surface area contributed by atoms with Crippen molar-refractivity contribution >= 4 is 23.3 Å². The molecule has 2 heterocycles. The number of methoxy groups -OCH3 is 1. The Morgan fingerprint density at radius 3 is 2.37 bits per heavy atom. The third-order valence-corrected chi connectivity index (χ3v) is 4.96. The second-order valence-corrected chi connectivity index (χ2v) is 7.41. The molecule has 1 aliphatic heterocycles. The molecule has 1 aromatic carbocycles. The molecule has 2 N–H and O–H groups in total. The number of carbonyl (C=O) groups excluding carboxylic acids is 2. The zero-order valence-electron chi connectivity index (χ0n) is 17.6. The molecule has 0 saturated carbocycles. The Kier molecular flexibility index (Phi) is 7.24. The van der Waals surface area contributed by atoms with E-state index in [1.54, 1.807) is 43.6 Å². The average molecular weight is 412 g/mol. The molecule has 160 valence electrons. The van der Waals surface area contributed by atoms with E-state index in [9.17, 15) is 9.59 Å².